The number of benzene rings is 4. The van der Waals surface area contributed by atoms with Gasteiger partial charge in [-0.15, -0.1) is 0 Å². The fourth-order valence-electron chi connectivity index (χ4n) is 3.41. The first-order valence-corrected chi connectivity index (χ1v) is 16.8. The molecule has 0 heterocycles. The Morgan fingerprint density at radius 2 is 0.912 bits per heavy atom. The molecule has 4 nitrogen and oxygen atoms in total. The van der Waals surface area contributed by atoms with Crippen molar-refractivity contribution in [3.8, 4) is 0 Å². The van der Waals surface area contributed by atoms with Gasteiger partial charge in [0, 0.05) is 0 Å². The molecule has 2 amide bonds. The molecule has 0 unspecified atom stereocenters. The Balaban J connectivity index is 1.57. The van der Waals surface area contributed by atoms with Crippen LogP contribution in [0.1, 0.15) is 31.8 Å². The van der Waals surface area contributed by atoms with E-state index in [1.165, 1.54) is 0 Å². The summed E-state index contributed by atoms with van der Waals surface area (Å²) in [6.45, 7) is 4.10. The van der Waals surface area contributed by atoms with E-state index < -0.39 is 0 Å². The molecule has 34 heavy (non-hydrogen) atoms. The van der Waals surface area contributed by atoms with E-state index in [4.69, 9.17) is 0 Å². The molecular formula is C28H24N2O2Se2. The topological polar surface area (TPSA) is 58.2 Å². The summed E-state index contributed by atoms with van der Waals surface area (Å²) < 4.78 is 2.17. The first-order chi connectivity index (χ1) is 16.5. The van der Waals surface area contributed by atoms with Crippen LogP contribution in [-0.2, 0) is 0 Å². The van der Waals surface area contributed by atoms with Crippen molar-refractivity contribution in [2.24, 2.45) is 0 Å². The number of carbonyl (C=O) groups excluding carboxylic acids is 2. The number of anilines is 2. The standard InChI is InChI=1S/C28H24N2O2Se2/c1-19-11-9-17-23(27(31)29-21-13-5-3-6-14-21)25(19)33-34-26-20(2)12-10-18-24(26)28(32)30-22-15-7-4-8-16-22/h3-18H,1-2H3,(H,29,31)(H,30,32). The van der Waals surface area contributed by atoms with Crippen molar-refractivity contribution in [1.29, 1.82) is 0 Å². The first kappa shape index (κ1) is 24.0. The zero-order valence-electron chi connectivity index (χ0n) is 18.9. The van der Waals surface area contributed by atoms with Gasteiger partial charge in [-0.25, -0.2) is 0 Å². The molecule has 4 aromatic rings. The second-order valence-corrected chi connectivity index (χ2v) is 13.8. The molecule has 0 saturated carbocycles. The Kier molecular flexibility index (Phi) is 7.99. The fraction of sp³-hybridized carbons (Fsp3) is 0.0714. The molecule has 6 heteroatoms. The van der Waals surface area contributed by atoms with Gasteiger partial charge in [0.05, 0.1) is 0 Å². The van der Waals surface area contributed by atoms with E-state index in [0.29, 0.717) is 11.1 Å². The third-order valence-electron chi connectivity index (χ3n) is 5.18. The molecule has 0 aromatic heterocycles. The summed E-state index contributed by atoms with van der Waals surface area (Å²) in [6, 6.07) is 30.7. The number of carbonyl (C=O) groups is 2. The van der Waals surface area contributed by atoms with Gasteiger partial charge < -0.3 is 0 Å². The molecule has 2 N–H and O–H groups in total. The van der Waals surface area contributed by atoms with Crippen LogP contribution in [0.4, 0.5) is 11.4 Å². The van der Waals surface area contributed by atoms with Crippen LogP contribution < -0.4 is 19.6 Å². The maximum absolute atomic E-state index is 13.1. The Hall–Kier alpha value is -3.14. The fourth-order valence-corrected chi connectivity index (χ4v) is 12.3. The quantitative estimate of drug-likeness (QED) is 0.325. The minimum atomic E-state index is -0.102. The van der Waals surface area contributed by atoms with Crippen molar-refractivity contribution in [3.05, 3.63) is 119 Å². The average molecular weight is 578 g/mol. The van der Waals surface area contributed by atoms with Crippen LogP contribution in [-0.4, -0.2) is 38.1 Å². The molecule has 170 valence electrons. The maximum atomic E-state index is 13.1. The van der Waals surface area contributed by atoms with Gasteiger partial charge in [-0.3, -0.25) is 0 Å². The molecule has 4 rings (SSSR count). The van der Waals surface area contributed by atoms with Crippen molar-refractivity contribution in [2.45, 2.75) is 13.8 Å². The molecule has 0 aliphatic heterocycles. The summed E-state index contributed by atoms with van der Waals surface area (Å²) in [4.78, 5) is 26.2. The van der Waals surface area contributed by atoms with Crippen LogP contribution in [0.3, 0.4) is 0 Å². The molecule has 0 spiro atoms. The van der Waals surface area contributed by atoms with Crippen molar-refractivity contribution >= 4 is 58.4 Å². The summed E-state index contributed by atoms with van der Waals surface area (Å²) in [5.74, 6) is -0.205. The van der Waals surface area contributed by atoms with Crippen LogP contribution in [0.15, 0.2) is 97.1 Å². The second kappa shape index (κ2) is 11.3. The zero-order valence-corrected chi connectivity index (χ0v) is 22.3. The van der Waals surface area contributed by atoms with E-state index in [1.807, 2.05) is 111 Å². The molecule has 0 bridgehead atoms. The first-order valence-electron chi connectivity index (χ1n) is 10.8. The van der Waals surface area contributed by atoms with Gasteiger partial charge in [-0.05, 0) is 0 Å². The van der Waals surface area contributed by atoms with E-state index in [1.54, 1.807) is 0 Å². The van der Waals surface area contributed by atoms with Gasteiger partial charge in [0.25, 0.3) is 0 Å². The molecule has 4 aromatic carbocycles. The number of aryl methyl sites for hydroxylation is 2. The van der Waals surface area contributed by atoms with Crippen molar-refractivity contribution < 1.29 is 9.59 Å². The number of nitrogens with one attached hydrogen (secondary N) is 2. The normalized spacial score (nSPS) is 10.5. The van der Waals surface area contributed by atoms with Gasteiger partial charge in [-0.2, -0.15) is 0 Å². The molecule has 0 aliphatic carbocycles. The van der Waals surface area contributed by atoms with E-state index in [-0.39, 0.29) is 38.1 Å². The Bertz CT molecular complexity index is 1210. The van der Waals surface area contributed by atoms with E-state index in [9.17, 15) is 9.59 Å². The monoisotopic (exact) mass is 580 g/mol. The Morgan fingerprint density at radius 1 is 0.529 bits per heavy atom. The predicted molar refractivity (Wildman–Crippen MR) is 142 cm³/mol. The van der Waals surface area contributed by atoms with Crippen molar-refractivity contribution in [3.63, 3.8) is 0 Å². The third-order valence-corrected chi connectivity index (χ3v) is 12.9. The van der Waals surface area contributed by atoms with Gasteiger partial charge >= 0.3 is 212 Å². The summed E-state index contributed by atoms with van der Waals surface area (Å²) in [5, 5.41) is 6.01. The number of rotatable bonds is 7. The van der Waals surface area contributed by atoms with E-state index >= 15 is 0 Å². The molecule has 0 fully saturated rings. The molecule has 0 aliphatic rings. The van der Waals surface area contributed by atoms with Crippen molar-refractivity contribution in [2.75, 3.05) is 10.6 Å². The van der Waals surface area contributed by atoms with Crippen LogP contribution in [0.2, 0.25) is 0 Å². The number of hydrogen-bond acceptors (Lipinski definition) is 2. The van der Waals surface area contributed by atoms with Gasteiger partial charge in [0.15, 0.2) is 0 Å². The molecule has 0 saturated heterocycles. The van der Waals surface area contributed by atoms with E-state index in [2.05, 4.69) is 10.6 Å². The van der Waals surface area contributed by atoms with Crippen LogP contribution in [0.25, 0.3) is 0 Å². The zero-order chi connectivity index (χ0) is 23.9. The van der Waals surface area contributed by atoms with Crippen LogP contribution in [0.5, 0.6) is 0 Å². The summed E-state index contributed by atoms with van der Waals surface area (Å²) >= 11 is 0.0468. The average Bonchev–Trinajstić information content (AvgIpc) is 2.85. The van der Waals surface area contributed by atoms with Crippen molar-refractivity contribution in [1.82, 2.24) is 0 Å². The number of amides is 2. The van der Waals surface area contributed by atoms with Crippen LogP contribution in [0, 0.1) is 13.8 Å². The summed E-state index contributed by atoms with van der Waals surface area (Å²) in [7, 11) is 0. The summed E-state index contributed by atoms with van der Waals surface area (Å²) in [5.41, 5.74) is 5.16. The molecule has 0 atom stereocenters. The summed E-state index contributed by atoms with van der Waals surface area (Å²) in [6.07, 6.45) is 0. The molecular weight excluding hydrogens is 554 g/mol. The van der Waals surface area contributed by atoms with Gasteiger partial charge in [0.1, 0.15) is 0 Å². The Morgan fingerprint density at radius 3 is 1.29 bits per heavy atom. The van der Waals surface area contributed by atoms with Gasteiger partial charge in [-0.1, -0.05) is 0 Å². The number of para-hydroxylation sites is 2. The predicted octanol–water partition coefficient (Wildman–Crippen LogP) is 4.08. The van der Waals surface area contributed by atoms with Crippen LogP contribution >= 0.6 is 0 Å². The van der Waals surface area contributed by atoms with E-state index in [0.717, 1.165) is 31.4 Å². The SMILES string of the molecule is Cc1cccc(C(=O)Nc2ccccc2)c1[Se][Se]c1c(C)cccc1C(=O)Nc1ccccc1. The minimum absolute atomic E-state index is 0.0234. The molecule has 0 radical (unpaired) electrons. The second-order valence-electron chi connectivity index (χ2n) is 7.71. The third kappa shape index (κ3) is 5.85. The Labute approximate surface area is 211 Å². The van der Waals surface area contributed by atoms with Gasteiger partial charge in [0.2, 0.25) is 0 Å². The number of hydrogen-bond donors (Lipinski definition) is 2.